The highest BCUT2D eigenvalue weighted by Gasteiger charge is 2.17. The minimum atomic E-state index is -0.237. The van der Waals surface area contributed by atoms with Crippen molar-refractivity contribution in [1.29, 1.82) is 0 Å². The van der Waals surface area contributed by atoms with Crippen molar-refractivity contribution in [2.24, 2.45) is 0 Å². The van der Waals surface area contributed by atoms with E-state index in [9.17, 15) is 4.39 Å². The molecule has 0 heterocycles. The van der Waals surface area contributed by atoms with Crippen molar-refractivity contribution >= 4 is 15.9 Å². The van der Waals surface area contributed by atoms with Gasteiger partial charge >= 0.3 is 0 Å². The molecule has 0 saturated carbocycles. The molecule has 1 unspecified atom stereocenters. The Morgan fingerprint density at radius 2 is 1.76 bits per heavy atom. The van der Waals surface area contributed by atoms with Gasteiger partial charge in [0.15, 0.2) is 0 Å². The quantitative estimate of drug-likeness (QED) is 0.843. The first-order valence-corrected chi connectivity index (χ1v) is 7.70. The van der Waals surface area contributed by atoms with Crippen LogP contribution in [-0.2, 0) is 0 Å². The molecule has 0 aliphatic rings. The van der Waals surface area contributed by atoms with E-state index in [0.717, 1.165) is 11.3 Å². The zero-order valence-electron chi connectivity index (χ0n) is 12.4. The first-order valence-electron chi connectivity index (χ1n) is 6.90. The zero-order valence-corrected chi connectivity index (χ0v) is 13.9. The Morgan fingerprint density at radius 1 is 1.10 bits per heavy atom. The number of rotatable bonds is 5. The lowest BCUT2D eigenvalue weighted by Gasteiger charge is -2.19. The average molecular weight is 352 g/mol. The Hall–Kier alpha value is -1.39. The summed E-state index contributed by atoms with van der Waals surface area (Å²) in [6.07, 6.45) is 0.137. The standard InChI is InChI=1S/C17H19BrFNO/c1-11(2)21-13-9-7-12(8-10-13)17(20-3)14-5-4-6-15(18)16(14)19/h4-11,17,20H,1-3H3. The zero-order chi connectivity index (χ0) is 15.4. The molecule has 0 saturated heterocycles. The van der Waals surface area contributed by atoms with Crippen LogP contribution in [0.5, 0.6) is 5.75 Å². The van der Waals surface area contributed by atoms with Gasteiger partial charge < -0.3 is 10.1 Å². The van der Waals surface area contributed by atoms with Crippen molar-refractivity contribution in [3.8, 4) is 5.75 Å². The molecule has 112 valence electrons. The van der Waals surface area contributed by atoms with Gasteiger partial charge in [-0.25, -0.2) is 4.39 Å². The Morgan fingerprint density at radius 3 is 2.33 bits per heavy atom. The number of hydrogen-bond donors (Lipinski definition) is 1. The van der Waals surface area contributed by atoms with Crippen LogP contribution < -0.4 is 10.1 Å². The van der Waals surface area contributed by atoms with E-state index in [0.29, 0.717) is 10.0 Å². The summed E-state index contributed by atoms with van der Waals surface area (Å²) in [7, 11) is 1.82. The summed E-state index contributed by atoms with van der Waals surface area (Å²) in [4.78, 5) is 0. The predicted octanol–water partition coefficient (Wildman–Crippen LogP) is 4.68. The maximum absolute atomic E-state index is 14.3. The Labute approximate surface area is 133 Å². The molecule has 0 fully saturated rings. The lowest BCUT2D eigenvalue weighted by Crippen LogP contribution is -2.19. The second kappa shape index (κ2) is 7.05. The molecule has 1 N–H and O–H groups in total. The van der Waals surface area contributed by atoms with Gasteiger partial charge in [0.2, 0.25) is 0 Å². The molecule has 2 rings (SSSR count). The number of benzene rings is 2. The van der Waals surface area contributed by atoms with Gasteiger partial charge in [0.25, 0.3) is 0 Å². The number of hydrogen-bond acceptors (Lipinski definition) is 2. The largest absolute Gasteiger partial charge is 0.491 e. The smallest absolute Gasteiger partial charge is 0.142 e. The van der Waals surface area contributed by atoms with Crippen molar-refractivity contribution in [2.75, 3.05) is 7.05 Å². The van der Waals surface area contributed by atoms with Crippen LogP contribution in [-0.4, -0.2) is 13.2 Å². The first kappa shape index (κ1) is 16.0. The number of nitrogens with one attached hydrogen (secondary N) is 1. The van der Waals surface area contributed by atoms with Gasteiger partial charge in [-0.3, -0.25) is 0 Å². The molecular formula is C17H19BrFNO. The number of halogens is 2. The first-order chi connectivity index (χ1) is 10.0. The lowest BCUT2D eigenvalue weighted by molar-refractivity contribution is 0.242. The molecule has 2 nitrogen and oxygen atoms in total. The van der Waals surface area contributed by atoms with E-state index in [2.05, 4.69) is 21.2 Å². The van der Waals surface area contributed by atoms with E-state index in [1.807, 2.05) is 51.2 Å². The fraction of sp³-hybridized carbons (Fsp3) is 0.294. The van der Waals surface area contributed by atoms with Crippen LogP contribution in [0.15, 0.2) is 46.9 Å². The van der Waals surface area contributed by atoms with Crippen molar-refractivity contribution < 1.29 is 9.13 Å². The Balaban J connectivity index is 2.31. The van der Waals surface area contributed by atoms with Gasteiger partial charge in [0, 0.05) is 5.56 Å². The average Bonchev–Trinajstić information content (AvgIpc) is 2.45. The van der Waals surface area contributed by atoms with E-state index >= 15 is 0 Å². The second-order valence-electron chi connectivity index (χ2n) is 5.10. The second-order valence-corrected chi connectivity index (χ2v) is 5.95. The van der Waals surface area contributed by atoms with Crippen molar-refractivity contribution in [3.63, 3.8) is 0 Å². The molecule has 0 aliphatic carbocycles. The van der Waals surface area contributed by atoms with Gasteiger partial charge in [-0.05, 0) is 60.6 Å². The van der Waals surface area contributed by atoms with Gasteiger partial charge in [-0.15, -0.1) is 0 Å². The molecule has 0 amide bonds. The third-order valence-corrected chi connectivity index (χ3v) is 3.78. The highest BCUT2D eigenvalue weighted by Crippen LogP contribution is 2.29. The summed E-state index contributed by atoms with van der Waals surface area (Å²) in [5.74, 6) is 0.581. The van der Waals surface area contributed by atoms with Crippen LogP contribution in [0.3, 0.4) is 0 Å². The van der Waals surface area contributed by atoms with Crippen LogP contribution in [0, 0.1) is 5.82 Å². The molecule has 21 heavy (non-hydrogen) atoms. The van der Waals surface area contributed by atoms with E-state index in [-0.39, 0.29) is 18.0 Å². The van der Waals surface area contributed by atoms with E-state index in [4.69, 9.17) is 4.74 Å². The maximum atomic E-state index is 14.3. The predicted molar refractivity (Wildman–Crippen MR) is 87.2 cm³/mol. The lowest BCUT2D eigenvalue weighted by atomic mass is 9.98. The molecule has 0 aliphatic heterocycles. The highest BCUT2D eigenvalue weighted by molar-refractivity contribution is 9.10. The third kappa shape index (κ3) is 3.83. The summed E-state index contributed by atoms with van der Waals surface area (Å²) in [6, 6.07) is 12.9. The SMILES string of the molecule is CNC(c1ccc(OC(C)C)cc1)c1cccc(Br)c1F. The highest BCUT2D eigenvalue weighted by atomic mass is 79.9. The van der Waals surface area contributed by atoms with Crippen LogP contribution in [0.1, 0.15) is 31.0 Å². The van der Waals surface area contributed by atoms with Gasteiger partial charge in [0.05, 0.1) is 16.6 Å². The molecule has 2 aromatic carbocycles. The topological polar surface area (TPSA) is 21.3 Å². The van der Waals surface area contributed by atoms with Crippen molar-refractivity contribution in [3.05, 3.63) is 63.9 Å². The molecule has 0 radical (unpaired) electrons. The monoisotopic (exact) mass is 351 g/mol. The minimum Gasteiger partial charge on any atom is -0.491 e. The van der Waals surface area contributed by atoms with Crippen LogP contribution >= 0.6 is 15.9 Å². The maximum Gasteiger partial charge on any atom is 0.142 e. The molecule has 1 atom stereocenters. The van der Waals surface area contributed by atoms with Crippen molar-refractivity contribution in [2.45, 2.75) is 26.0 Å². The molecule has 2 aromatic rings. The Bertz CT molecular complexity index is 598. The summed E-state index contributed by atoms with van der Waals surface area (Å²) in [6.45, 7) is 3.97. The van der Waals surface area contributed by atoms with Crippen LogP contribution in [0.25, 0.3) is 0 Å². The van der Waals surface area contributed by atoms with Crippen LogP contribution in [0.2, 0.25) is 0 Å². The normalized spacial score (nSPS) is 12.5. The van der Waals surface area contributed by atoms with Gasteiger partial charge in [0.1, 0.15) is 11.6 Å². The third-order valence-electron chi connectivity index (χ3n) is 3.17. The fourth-order valence-corrected chi connectivity index (χ4v) is 2.64. The summed E-state index contributed by atoms with van der Waals surface area (Å²) < 4.78 is 20.4. The Kier molecular flexibility index (Phi) is 5.37. The number of ether oxygens (including phenoxy) is 1. The van der Waals surface area contributed by atoms with Gasteiger partial charge in [-0.2, -0.15) is 0 Å². The van der Waals surface area contributed by atoms with Gasteiger partial charge in [-0.1, -0.05) is 24.3 Å². The minimum absolute atomic E-state index is 0.137. The van der Waals surface area contributed by atoms with Crippen LogP contribution in [0.4, 0.5) is 4.39 Å². The molecule has 0 aromatic heterocycles. The van der Waals surface area contributed by atoms with E-state index in [1.54, 1.807) is 12.1 Å². The fourth-order valence-electron chi connectivity index (χ4n) is 2.26. The molecule has 0 bridgehead atoms. The van der Waals surface area contributed by atoms with Crippen molar-refractivity contribution in [1.82, 2.24) is 5.32 Å². The molecule has 4 heteroatoms. The van der Waals surface area contributed by atoms with E-state index in [1.165, 1.54) is 0 Å². The van der Waals surface area contributed by atoms with E-state index < -0.39 is 0 Å². The molecule has 0 spiro atoms. The summed E-state index contributed by atoms with van der Waals surface area (Å²) in [5.41, 5.74) is 1.61. The molecular weight excluding hydrogens is 333 g/mol. The summed E-state index contributed by atoms with van der Waals surface area (Å²) in [5, 5.41) is 3.16. The summed E-state index contributed by atoms with van der Waals surface area (Å²) >= 11 is 3.23.